The van der Waals surface area contributed by atoms with Crippen molar-refractivity contribution in [1.29, 1.82) is 0 Å². The molecule has 0 N–H and O–H groups in total. The fraction of sp³-hybridized carbons (Fsp3) is 0.0952. The lowest BCUT2D eigenvalue weighted by Crippen LogP contribution is -2.04. The standard InChI is InChI=1S/C21H15ClO3/c1-13-10-16(7-8-18(13)22)24-12-15-11-20(23)25-19-9-6-14-4-2-3-5-17(14)21(15)19/h2-11H,12H2,1H3. The highest BCUT2D eigenvalue weighted by Gasteiger charge is 2.10. The third-order valence-corrected chi connectivity index (χ3v) is 4.66. The summed E-state index contributed by atoms with van der Waals surface area (Å²) < 4.78 is 11.3. The van der Waals surface area contributed by atoms with E-state index >= 15 is 0 Å². The summed E-state index contributed by atoms with van der Waals surface area (Å²) >= 11 is 6.05. The van der Waals surface area contributed by atoms with Crippen molar-refractivity contribution in [2.45, 2.75) is 13.5 Å². The maximum Gasteiger partial charge on any atom is 0.336 e. The molecule has 3 nitrogen and oxygen atoms in total. The summed E-state index contributed by atoms with van der Waals surface area (Å²) in [5.41, 5.74) is 1.93. The third kappa shape index (κ3) is 2.99. The van der Waals surface area contributed by atoms with Crippen LogP contribution in [0.5, 0.6) is 5.75 Å². The molecule has 0 unspecified atom stereocenters. The first-order valence-electron chi connectivity index (χ1n) is 7.95. The van der Waals surface area contributed by atoms with Gasteiger partial charge in [-0.1, -0.05) is 41.9 Å². The van der Waals surface area contributed by atoms with Crippen LogP contribution in [-0.4, -0.2) is 0 Å². The molecule has 4 rings (SSSR count). The molecule has 3 aromatic carbocycles. The molecule has 0 saturated heterocycles. The monoisotopic (exact) mass is 350 g/mol. The van der Waals surface area contributed by atoms with Gasteiger partial charge in [0.25, 0.3) is 0 Å². The molecule has 0 bridgehead atoms. The highest BCUT2D eigenvalue weighted by molar-refractivity contribution is 6.31. The molecule has 4 aromatic rings. The Morgan fingerprint density at radius 3 is 2.72 bits per heavy atom. The Morgan fingerprint density at radius 1 is 1.04 bits per heavy atom. The molecule has 0 spiro atoms. The molecular weight excluding hydrogens is 336 g/mol. The van der Waals surface area contributed by atoms with Gasteiger partial charge < -0.3 is 9.15 Å². The molecule has 0 aliphatic rings. The Labute approximate surface area is 149 Å². The topological polar surface area (TPSA) is 39.4 Å². The van der Waals surface area contributed by atoms with Crippen LogP contribution in [0.4, 0.5) is 0 Å². The van der Waals surface area contributed by atoms with E-state index in [4.69, 9.17) is 20.8 Å². The van der Waals surface area contributed by atoms with Crippen molar-refractivity contribution in [2.24, 2.45) is 0 Å². The first kappa shape index (κ1) is 15.7. The van der Waals surface area contributed by atoms with Gasteiger partial charge >= 0.3 is 5.63 Å². The van der Waals surface area contributed by atoms with E-state index in [0.717, 1.165) is 27.3 Å². The smallest absolute Gasteiger partial charge is 0.336 e. The van der Waals surface area contributed by atoms with Gasteiger partial charge in [-0.05, 0) is 47.5 Å². The predicted molar refractivity (Wildman–Crippen MR) is 101 cm³/mol. The van der Waals surface area contributed by atoms with Gasteiger partial charge in [-0.15, -0.1) is 0 Å². The van der Waals surface area contributed by atoms with Crippen LogP contribution in [-0.2, 0) is 6.61 Å². The fourth-order valence-electron chi connectivity index (χ4n) is 3.00. The SMILES string of the molecule is Cc1cc(OCc2cc(=O)oc3ccc4ccccc4c23)ccc1Cl. The Bertz CT molecular complexity index is 1140. The quantitative estimate of drug-likeness (QED) is 0.362. The largest absolute Gasteiger partial charge is 0.489 e. The second kappa shape index (κ2) is 6.26. The Morgan fingerprint density at radius 2 is 1.88 bits per heavy atom. The van der Waals surface area contributed by atoms with Gasteiger partial charge in [0.15, 0.2) is 0 Å². The highest BCUT2D eigenvalue weighted by atomic mass is 35.5. The van der Waals surface area contributed by atoms with Crippen LogP contribution < -0.4 is 10.4 Å². The maximum atomic E-state index is 11.9. The third-order valence-electron chi connectivity index (χ3n) is 4.24. The molecule has 0 atom stereocenters. The first-order valence-corrected chi connectivity index (χ1v) is 8.33. The molecule has 0 saturated carbocycles. The number of aryl methyl sites for hydroxylation is 1. The zero-order valence-corrected chi connectivity index (χ0v) is 14.3. The van der Waals surface area contributed by atoms with Gasteiger partial charge in [0.2, 0.25) is 0 Å². The van der Waals surface area contributed by atoms with Crippen molar-refractivity contribution in [3.05, 3.63) is 87.2 Å². The lowest BCUT2D eigenvalue weighted by Gasteiger charge is -2.11. The van der Waals surface area contributed by atoms with E-state index in [1.54, 1.807) is 6.07 Å². The van der Waals surface area contributed by atoms with Gasteiger partial charge in [-0.2, -0.15) is 0 Å². The van der Waals surface area contributed by atoms with E-state index in [-0.39, 0.29) is 12.2 Å². The summed E-state index contributed by atoms with van der Waals surface area (Å²) in [6.07, 6.45) is 0. The molecule has 4 heteroatoms. The summed E-state index contributed by atoms with van der Waals surface area (Å²) in [6.45, 7) is 2.20. The molecule has 0 amide bonds. The zero-order valence-electron chi connectivity index (χ0n) is 13.6. The minimum Gasteiger partial charge on any atom is -0.489 e. The lowest BCUT2D eigenvalue weighted by molar-refractivity contribution is 0.306. The van der Waals surface area contributed by atoms with Crippen LogP contribution in [0.2, 0.25) is 5.02 Å². The number of hydrogen-bond acceptors (Lipinski definition) is 3. The van der Waals surface area contributed by atoms with Gasteiger partial charge in [-0.3, -0.25) is 0 Å². The Kier molecular flexibility index (Phi) is 3.94. The van der Waals surface area contributed by atoms with Crippen molar-refractivity contribution >= 4 is 33.3 Å². The molecule has 1 heterocycles. The molecule has 0 aliphatic heterocycles. The minimum atomic E-state index is -0.381. The molecule has 0 aliphatic carbocycles. The number of rotatable bonds is 3. The van der Waals surface area contributed by atoms with Gasteiger partial charge in [-0.25, -0.2) is 4.79 Å². The van der Waals surface area contributed by atoms with E-state index in [9.17, 15) is 4.79 Å². The molecule has 25 heavy (non-hydrogen) atoms. The van der Waals surface area contributed by atoms with Crippen LogP contribution >= 0.6 is 11.6 Å². The van der Waals surface area contributed by atoms with Crippen LogP contribution in [0.3, 0.4) is 0 Å². The first-order chi connectivity index (χ1) is 12.1. The van der Waals surface area contributed by atoms with Gasteiger partial charge in [0.05, 0.1) is 0 Å². The fourth-order valence-corrected chi connectivity index (χ4v) is 3.12. The van der Waals surface area contributed by atoms with E-state index in [0.29, 0.717) is 16.4 Å². The number of benzene rings is 3. The van der Waals surface area contributed by atoms with E-state index in [1.165, 1.54) is 6.07 Å². The average Bonchev–Trinajstić information content (AvgIpc) is 2.62. The summed E-state index contributed by atoms with van der Waals surface area (Å²) in [5, 5.41) is 3.73. The molecular formula is C21H15ClO3. The minimum absolute atomic E-state index is 0.275. The van der Waals surface area contributed by atoms with Crippen LogP contribution in [0.25, 0.3) is 21.7 Å². The van der Waals surface area contributed by atoms with Crippen molar-refractivity contribution in [3.8, 4) is 5.75 Å². The maximum absolute atomic E-state index is 11.9. The summed E-state index contributed by atoms with van der Waals surface area (Å²) in [7, 11) is 0. The number of fused-ring (bicyclic) bond motifs is 3. The van der Waals surface area contributed by atoms with E-state index < -0.39 is 0 Å². The van der Waals surface area contributed by atoms with Gasteiger partial charge in [0, 0.05) is 22.0 Å². The van der Waals surface area contributed by atoms with Crippen LogP contribution in [0.1, 0.15) is 11.1 Å². The Hall–Kier alpha value is -2.78. The summed E-state index contributed by atoms with van der Waals surface area (Å²) in [4.78, 5) is 11.9. The average molecular weight is 351 g/mol. The number of halogens is 1. The highest BCUT2D eigenvalue weighted by Crippen LogP contribution is 2.28. The second-order valence-electron chi connectivity index (χ2n) is 5.95. The van der Waals surface area contributed by atoms with E-state index in [2.05, 4.69) is 0 Å². The molecule has 1 aromatic heterocycles. The summed E-state index contributed by atoms with van der Waals surface area (Å²) in [6, 6.07) is 18.8. The Balaban J connectivity index is 1.81. The van der Waals surface area contributed by atoms with Gasteiger partial charge in [0.1, 0.15) is 17.9 Å². The molecule has 0 fully saturated rings. The lowest BCUT2D eigenvalue weighted by atomic mass is 10.0. The van der Waals surface area contributed by atoms with Crippen molar-refractivity contribution in [3.63, 3.8) is 0 Å². The molecule has 124 valence electrons. The van der Waals surface area contributed by atoms with Crippen molar-refractivity contribution < 1.29 is 9.15 Å². The normalized spacial score (nSPS) is 11.1. The number of ether oxygens (including phenoxy) is 1. The predicted octanol–water partition coefficient (Wildman–Crippen LogP) is 5.49. The number of hydrogen-bond donors (Lipinski definition) is 0. The molecule has 0 radical (unpaired) electrons. The second-order valence-corrected chi connectivity index (χ2v) is 6.36. The zero-order chi connectivity index (χ0) is 17.4. The van der Waals surface area contributed by atoms with Crippen molar-refractivity contribution in [1.82, 2.24) is 0 Å². The van der Waals surface area contributed by atoms with E-state index in [1.807, 2.05) is 55.5 Å². The van der Waals surface area contributed by atoms with Crippen molar-refractivity contribution in [2.75, 3.05) is 0 Å². The van der Waals surface area contributed by atoms with Crippen LogP contribution in [0.15, 0.2) is 69.9 Å². The van der Waals surface area contributed by atoms with Crippen LogP contribution in [0, 0.1) is 6.92 Å². The summed E-state index contributed by atoms with van der Waals surface area (Å²) in [5.74, 6) is 0.712.